The van der Waals surface area contributed by atoms with E-state index in [4.69, 9.17) is 0 Å². The summed E-state index contributed by atoms with van der Waals surface area (Å²) in [7, 11) is 0. The highest BCUT2D eigenvalue weighted by Crippen LogP contribution is 2.12. The number of halogens is 3. The molecule has 0 radical (unpaired) electrons. The summed E-state index contributed by atoms with van der Waals surface area (Å²) in [5.74, 6) is 0.904. The van der Waals surface area contributed by atoms with Crippen LogP contribution in [0.4, 0.5) is 13.2 Å². The molecule has 92 valence electrons. The number of rotatable bonds is 5. The third-order valence-electron chi connectivity index (χ3n) is 1.84. The zero-order valence-corrected chi connectivity index (χ0v) is 9.25. The summed E-state index contributed by atoms with van der Waals surface area (Å²) >= 11 is 0. The van der Waals surface area contributed by atoms with Crippen molar-refractivity contribution < 1.29 is 13.2 Å². The van der Waals surface area contributed by atoms with Gasteiger partial charge in [0, 0.05) is 6.54 Å². The molecule has 1 rings (SSSR count). The monoisotopic (exact) mass is 236 g/mol. The van der Waals surface area contributed by atoms with E-state index in [9.17, 15) is 13.2 Å². The second-order valence-electron chi connectivity index (χ2n) is 3.97. The highest BCUT2D eigenvalue weighted by atomic mass is 19.4. The van der Waals surface area contributed by atoms with Gasteiger partial charge in [-0.05, 0) is 5.92 Å². The maximum atomic E-state index is 11.9. The molecule has 16 heavy (non-hydrogen) atoms. The summed E-state index contributed by atoms with van der Waals surface area (Å²) < 4.78 is 37.3. The molecule has 0 atom stereocenters. The summed E-state index contributed by atoms with van der Waals surface area (Å²) in [6.07, 6.45) is -2.84. The van der Waals surface area contributed by atoms with Gasteiger partial charge in [0.05, 0.1) is 13.1 Å². The Balaban J connectivity index is 2.45. The molecule has 0 saturated carbocycles. The maximum absolute atomic E-state index is 11.9. The normalized spacial score (nSPS) is 12.4. The fourth-order valence-corrected chi connectivity index (χ4v) is 1.24. The average Bonchev–Trinajstić information content (AvgIpc) is 2.49. The van der Waals surface area contributed by atoms with Crippen LogP contribution in [0.15, 0.2) is 6.33 Å². The first-order valence-electron chi connectivity index (χ1n) is 5.02. The van der Waals surface area contributed by atoms with E-state index < -0.39 is 12.7 Å². The predicted octanol–water partition coefficient (Wildman–Crippen LogP) is 1.59. The van der Waals surface area contributed by atoms with Crippen LogP contribution >= 0.6 is 0 Å². The van der Waals surface area contributed by atoms with Crippen LogP contribution in [0.2, 0.25) is 0 Å². The molecular formula is C9H15F3N4. The van der Waals surface area contributed by atoms with E-state index in [1.54, 1.807) is 4.68 Å². The van der Waals surface area contributed by atoms with Gasteiger partial charge < -0.3 is 5.32 Å². The van der Waals surface area contributed by atoms with Crippen molar-refractivity contribution in [1.82, 2.24) is 20.1 Å². The van der Waals surface area contributed by atoms with E-state index in [1.807, 2.05) is 13.8 Å². The number of nitrogens with zero attached hydrogens (tertiary/aromatic N) is 3. The van der Waals surface area contributed by atoms with E-state index in [0.717, 1.165) is 0 Å². The van der Waals surface area contributed by atoms with Crippen molar-refractivity contribution in [2.24, 2.45) is 5.92 Å². The topological polar surface area (TPSA) is 42.7 Å². The van der Waals surface area contributed by atoms with Crippen LogP contribution in [0, 0.1) is 5.92 Å². The van der Waals surface area contributed by atoms with E-state index in [0.29, 0.717) is 18.3 Å². The van der Waals surface area contributed by atoms with Gasteiger partial charge in [0.15, 0.2) is 0 Å². The van der Waals surface area contributed by atoms with Crippen molar-refractivity contribution in [1.29, 1.82) is 0 Å². The summed E-state index contributed by atoms with van der Waals surface area (Å²) in [6, 6.07) is 0. The minimum Gasteiger partial charge on any atom is -0.302 e. The summed E-state index contributed by atoms with van der Waals surface area (Å²) in [5.41, 5.74) is 0. The van der Waals surface area contributed by atoms with E-state index in [-0.39, 0.29) is 6.54 Å². The standard InChI is InChI=1S/C9H15F3N4/c1-7(2)4-16-8(14-6-15-16)3-13-5-9(10,11)12/h6-7,13H,3-5H2,1-2H3. The van der Waals surface area contributed by atoms with Gasteiger partial charge in [0.2, 0.25) is 0 Å². The highest BCUT2D eigenvalue weighted by Gasteiger charge is 2.26. The van der Waals surface area contributed by atoms with Gasteiger partial charge in [-0.1, -0.05) is 13.8 Å². The minimum absolute atomic E-state index is 0.0756. The molecule has 0 fully saturated rings. The molecule has 0 unspecified atom stereocenters. The molecule has 0 aliphatic heterocycles. The van der Waals surface area contributed by atoms with E-state index >= 15 is 0 Å². The lowest BCUT2D eigenvalue weighted by molar-refractivity contribution is -0.125. The van der Waals surface area contributed by atoms with Crippen LogP contribution in [0.1, 0.15) is 19.7 Å². The molecule has 0 aliphatic rings. The molecule has 0 saturated heterocycles. The van der Waals surface area contributed by atoms with Crippen molar-refractivity contribution >= 4 is 0 Å². The van der Waals surface area contributed by atoms with Crippen LogP contribution in [-0.4, -0.2) is 27.5 Å². The Hall–Kier alpha value is -1.11. The van der Waals surface area contributed by atoms with Gasteiger partial charge >= 0.3 is 6.18 Å². The molecule has 4 nitrogen and oxygen atoms in total. The van der Waals surface area contributed by atoms with Crippen molar-refractivity contribution in [2.45, 2.75) is 33.1 Å². The number of alkyl halides is 3. The van der Waals surface area contributed by atoms with Crippen molar-refractivity contribution in [2.75, 3.05) is 6.54 Å². The number of nitrogens with one attached hydrogen (secondary N) is 1. The van der Waals surface area contributed by atoms with Gasteiger partial charge in [0.1, 0.15) is 12.2 Å². The van der Waals surface area contributed by atoms with Gasteiger partial charge in [-0.3, -0.25) is 0 Å². The SMILES string of the molecule is CC(C)Cn1ncnc1CNCC(F)(F)F. The molecule has 1 aromatic rings. The lowest BCUT2D eigenvalue weighted by Gasteiger charge is -2.10. The Morgan fingerprint density at radius 1 is 1.44 bits per heavy atom. The van der Waals surface area contributed by atoms with Crippen molar-refractivity contribution in [3.8, 4) is 0 Å². The van der Waals surface area contributed by atoms with Gasteiger partial charge in [-0.2, -0.15) is 18.3 Å². The fraction of sp³-hybridized carbons (Fsp3) is 0.778. The molecule has 1 N–H and O–H groups in total. The van der Waals surface area contributed by atoms with Gasteiger partial charge in [-0.25, -0.2) is 9.67 Å². The zero-order chi connectivity index (χ0) is 12.2. The summed E-state index contributed by atoms with van der Waals surface area (Å²) in [6.45, 7) is 3.74. The molecule has 7 heteroatoms. The Bertz CT molecular complexity index is 319. The Morgan fingerprint density at radius 3 is 2.69 bits per heavy atom. The van der Waals surface area contributed by atoms with Gasteiger partial charge in [0.25, 0.3) is 0 Å². The third kappa shape index (κ3) is 4.61. The van der Waals surface area contributed by atoms with Crippen LogP contribution in [-0.2, 0) is 13.1 Å². The van der Waals surface area contributed by atoms with Crippen LogP contribution in [0.3, 0.4) is 0 Å². The summed E-state index contributed by atoms with van der Waals surface area (Å²) in [4.78, 5) is 3.91. The second-order valence-corrected chi connectivity index (χ2v) is 3.97. The smallest absolute Gasteiger partial charge is 0.302 e. The molecule has 0 aliphatic carbocycles. The molecule has 0 bridgehead atoms. The highest BCUT2D eigenvalue weighted by molar-refractivity contribution is 4.84. The first-order valence-corrected chi connectivity index (χ1v) is 5.02. The Kier molecular flexibility index (Phi) is 4.28. The Morgan fingerprint density at radius 2 is 2.12 bits per heavy atom. The first kappa shape index (κ1) is 13.0. The molecular weight excluding hydrogens is 221 g/mol. The number of hydrogen-bond donors (Lipinski definition) is 1. The van der Waals surface area contributed by atoms with Gasteiger partial charge in [-0.15, -0.1) is 0 Å². The van der Waals surface area contributed by atoms with E-state index in [2.05, 4.69) is 15.4 Å². The van der Waals surface area contributed by atoms with Crippen LogP contribution < -0.4 is 5.32 Å². The van der Waals surface area contributed by atoms with Crippen LogP contribution in [0.25, 0.3) is 0 Å². The molecule has 1 heterocycles. The lowest BCUT2D eigenvalue weighted by Crippen LogP contribution is -2.29. The van der Waals surface area contributed by atoms with Crippen LogP contribution in [0.5, 0.6) is 0 Å². The quantitative estimate of drug-likeness (QED) is 0.844. The predicted molar refractivity (Wildman–Crippen MR) is 52.6 cm³/mol. The maximum Gasteiger partial charge on any atom is 0.401 e. The molecule has 0 aromatic carbocycles. The molecule has 1 aromatic heterocycles. The molecule has 0 amide bonds. The molecule has 0 spiro atoms. The second kappa shape index (κ2) is 5.29. The third-order valence-corrected chi connectivity index (χ3v) is 1.84. The summed E-state index contributed by atoms with van der Waals surface area (Å²) in [5, 5.41) is 6.25. The lowest BCUT2D eigenvalue weighted by atomic mass is 10.2. The number of hydrogen-bond acceptors (Lipinski definition) is 3. The van der Waals surface area contributed by atoms with Crippen molar-refractivity contribution in [3.63, 3.8) is 0 Å². The zero-order valence-electron chi connectivity index (χ0n) is 9.25. The average molecular weight is 236 g/mol. The van der Waals surface area contributed by atoms with E-state index in [1.165, 1.54) is 6.33 Å². The minimum atomic E-state index is -4.19. The fourth-order valence-electron chi connectivity index (χ4n) is 1.24. The largest absolute Gasteiger partial charge is 0.401 e. The van der Waals surface area contributed by atoms with Crippen molar-refractivity contribution in [3.05, 3.63) is 12.2 Å². The number of aromatic nitrogens is 3. The Labute approximate surface area is 91.9 Å². The first-order chi connectivity index (χ1) is 7.38.